The van der Waals surface area contributed by atoms with Crippen LogP contribution in [0.1, 0.15) is 13.8 Å². The molecule has 1 saturated heterocycles. The van der Waals surface area contributed by atoms with Gasteiger partial charge in [-0.05, 0) is 13.0 Å². The molecule has 0 aromatic carbocycles. The highest BCUT2D eigenvalue weighted by molar-refractivity contribution is 5.72. The van der Waals surface area contributed by atoms with Gasteiger partial charge >= 0.3 is 0 Å². The summed E-state index contributed by atoms with van der Waals surface area (Å²) in [5, 5.41) is 3.25. The molecule has 3 atom stereocenters. The Morgan fingerprint density at radius 2 is 2.13 bits per heavy atom. The Morgan fingerprint density at radius 3 is 3.00 bits per heavy atom. The van der Waals surface area contributed by atoms with Gasteiger partial charge in [0.25, 0.3) is 0 Å². The predicted molar refractivity (Wildman–Crippen MR) is 49.1 cm³/mol. The first-order chi connectivity index (χ1) is 7.11. The fourth-order valence-electron chi connectivity index (χ4n) is 3.43. The predicted octanol–water partition coefficient (Wildman–Crippen LogP) is 0.887. The molecule has 4 aliphatic heterocycles. The number of allylic oxidation sites excluding steroid dienone is 1. The van der Waals surface area contributed by atoms with Crippen LogP contribution in [0.2, 0.25) is 0 Å². The Hall–Kier alpha value is -1.26. The highest BCUT2D eigenvalue weighted by Gasteiger charge is 2.67. The molecule has 4 nitrogen and oxygen atoms in total. The normalized spacial score (nSPS) is 51.6. The van der Waals surface area contributed by atoms with E-state index in [9.17, 15) is 0 Å². The van der Waals surface area contributed by atoms with Gasteiger partial charge in [0.15, 0.2) is 12.0 Å². The first-order valence-electron chi connectivity index (χ1n) is 5.16. The van der Waals surface area contributed by atoms with Crippen LogP contribution in [0.25, 0.3) is 0 Å². The number of rotatable bonds is 0. The van der Waals surface area contributed by atoms with Crippen molar-refractivity contribution in [3.63, 3.8) is 0 Å². The highest BCUT2D eigenvalue weighted by Crippen LogP contribution is 2.63. The zero-order valence-electron chi connectivity index (χ0n) is 8.38. The first-order valence-corrected chi connectivity index (χ1v) is 5.16. The summed E-state index contributed by atoms with van der Waals surface area (Å²) in [6.07, 6.45) is 2.08. The maximum Gasteiger partial charge on any atom is 0.240 e. The maximum absolute atomic E-state index is 5.94. The first kappa shape index (κ1) is 7.09. The van der Waals surface area contributed by atoms with Crippen LogP contribution in [0.3, 0.4) is 0 Å². The summed E-state index contributed by atoms with van der Waals surface area (Å²) in [6, 6.07) is 0. The number of ether oxygens (including phenoxy) is 3. The van der Waals surface area contributed by atoms with Gasteiger partial charge in [-0.25, -0.2) is 0 Å². The lowest BCUT2D eigenvalue weighted by atomic mass is 10.00. The van der Waals surface area contributed by atoms with E-state index in [1.807, 2.05) is 13.8 Å². The van der Waals surface area contributed by atoms with Gasteiger partial charge in [-0.15, -0.1) is 0 Å². The average Bonchev–Trinajstić information content (AvgIpc) is 2.70. The summed E-state index contributed by atoms with van der Waals surface area (Å²) in [5.74, 6) is -0.467. The van der Waals surface area contributed by atoms with Crippen LogP contribution in [-0.4, -0.2) is 17.8 Å². The van der Waals surface area contributed by atoms with E-state index in [-0.39, 0.29) is 6.23 Å². The molecule has 5 rings (SSSR count). The van der Waals surface area contributed by atoms with Crippen molar-refractivity contribution < 1.29 is 14.2 Å². The molecule has 4 heteroatoms. The van der Waals surface area contributed by atoms with Crippen LogP contribution < -0.4 is 5.32 Å². The number of nitrogens with one attached hydrogen (secondary N) is 1. The Kier molecular flexibility index (Phi) is 0.729. The van der Waals surface area contributed by atoms with Crippen LogP contribution in [0, 0.1) is 0 Å². The van der Waals surface area contributed by atoms with Gasteiger partial charge in [0.2, 0.25) is 11.7 Å². The van der Waals surface area contributed by atoms with Crippen molar-refractivity contribution in [3.05, 3.63) is 34.3 Å². The zero-order valence-corrected chi connectivity index (χ0v) is 8.38. The van der Waals surface area contributed by atoms with E-state index >= 15 is 0 Å². The molecule has 3 unspecified atom stereocenters. The minimum atomic E-state index is -0.647. The molecule has 5 aliphatic rings. The van der Waals surface area contributed by atoms with E-state index < -0.39 is 11.6 Å². The van der Waals surface area contributed by atoms with E-state index in [1.165, 1.54) is 16.7 Å². The second-order valence-corrected chi connectivity index (χ2v) is 4.83. The van der Waals surface area contributed by atoms with Crippen molar-refractivity contribution in [2.24, 2.45) is 0 Å². The lowest BCUT2D eigenvalue weighted by Crippen LogP contribution is -2.43. The van der Waals surface area contributed by atoms with Gasteiger partial charge in [0, 0.05) is 29.2 Å². The summed E-state index contributed by atoms with van der Waals surface area (Å²) < 4.78 is 17.7. The molecular formula is C11H9NO3. The molecule has 0 saturated carbocycles. The third-order valence-electron chi connectivity index (χ3n) is 3.83. The smallest absolute Gasteiger partial charge is 0.240 e. The standard InChI is InChI=1S/C11H9NO3/c1-10-6-4-3-5-7(6)11(2,15-10)14-9(5)12-8(4)13-10/h3,8,12H,1-2H3. The number of hydrogen-bond donors (Lipinski definition) is 1. The lowest BCUT2D eigenvalue weighted by Gasteiger charge is -2.33. The minimum absolute atomic E-state index is 0.0916. The number of hydrogen-bond acceptors (Lipinski definition) is 4. The monoisotopic (exact) mass is 203 g/mol. The summed E-state index contributed by atoms with van der Waals surface area (Å²) in [5.41, 5.74) is 4.73. The maximum atomic E-state index is 5.94. The van der Waals surface area contributed by atoms with Crippen LogP contribution >= 0.6 is 0 Å². The molecule has 15 heavy (non-hydrogen) atoms. The molecular weight excluding hydrogens is 194 g/mol. The quantitative estimate of drug-likeness (QED) is 0.634. The van der Waals surface area contributed by atoms with Crippen molar-refractivity contribution in [3.8, 4) is 0 Å². The van der Waals surface area contributed by atoms with Crippen molar-refractivity contribution in [1.29, 1.82) is 0 Å². The summed E-state index contributed by atoms with van der Waals surface area (Å²) in [6.45, 7) is 3.92. The van der Waals surface area contributed by atoms with Gasteiger partial charge in [-0.3, -0.25) is 4.74 Å². The highest BCUT2D eigenvalue weighted by atomic mass is 16.8. The molecule has 76 valence electrons. The van der Waals surface area contributed by atoms with E-state index in [0.717, 1.165) is 11.5 Å². The SMILES string of the molecule is CC12OC3NC4=C5C=C3C1=C5C(C)(O4)O2. The van der Waals surface area contributed by atoms with Gasteiger partial charge in [-0.1, -0.05) is 0 Å². The Morgan fingerprint density at radius 1 is 1.27 bits per heavy atom. The molecule has 1 fully saturated rings. The fourth-order valence-corrected chi connectivity index (χ4v) is 3.43. The molecule has 1 aliphatic carbocycles. The Balaban J connectivity index is 1.99. The third kappa shape index (κ3) is 0.490. The Labute approximate surface area is 86.2 Å². The second-order valence-electron chi connectivity index (χ2n) is 4.83. The topological polar surface area (TPSA) is 39.7 Å². The van der Waals surface area contributed by atoms with Crippen molar-refractivity contribution in [2.45, 2.75) is 31.6 Å². The minimum Gasteiger partial charge on any atom is -0.443 e. The third-order valence-corrected chi connectivity index (χ3v) is 3.83. The second kappa shape index (κ2) is 1.54. The van der Waals surface area contributed by atoms with Gasteiger partial charge in [0.1, 0.15) is 0 Å². The molecule has 0 spiro atoms. The molecule has 0 aromatic heterocycles. The molecule has 4 heterocycles. The molecule has 2 bridgehead atoms. The van der Waals surface area contributed by atoms with Crippen molar-refractivity contribution >= 4 is 0 Å². The van der Waals surface area contributed by atoms with Crippen LogP contribution in [0.5, 0.6) is 0 Å². The van der Waals surface area contributed by atoms with Crippen molar-refractivity contribution in [2.75, 3.05) is 0 Å². The van der Waals surface area contributed by atoms with Gasteiger partial charge < -0.3 is 14.8 Å². The number of dihydropyridines is 1. The Bertz CT molecular complexity index is 544. The van der Waals surface area contributed by atoms with Crippen LogP contribution in [-0.2, 0) is 14.2 Å². The largest absolute Gasteiger partial charge is 0.443 e. The lowest BCUT2D eigenvalue weighted by molar-refractivity contribution is -0.300. The van der Waals surface area contributed by atoms with E-state index in [0.29, 0.717) is 0 Å². The summed E-state index contributed by atoms with van der Waals surface area (Å²) in [4.78, 5) is 0. The molecule has 0 aromatic rings. The van der Waals surface area contributed by atoms with Gasteiger partial charge in [-0.2, -0.15) is 0 Å². The van der Waals surface area contributed by atoms with E-state index in [1.54, 1.807) is 0 Å². The van der Waals surface area contributed by atoms with E-state index in [2.05, 4.69) is 11.4 Å². The molecule has 1 N–H and O–H groups in total. The average molecular weight is 203 g/mol. The van der Waals surface area contributed by atoms with Crippen molar-refractivity contribution in [1.82, 2.24) is 5.32 Å². The van der Waals surface area contributed by atoms with Crippen LogP contribution in [0.4, 0.5) is 0 Å². The molecule has 0 amide bonds. The van der Waals surface area contributed by atoms with Crippen LogP contribution in [0.15, 0.2) is 34.3 Å². The summed E-state index contributed by atoms with van der Waals surface area (Å²) >= 11 is 0. The fraction of sp³-hybridized carbons (Fsp3) is 0.455. The zero-order chi connectivity index (χ0) is 10.00. The molecule has 0 radical (unpaired) electrons. The van der Waals surface area contributed by atoms with E-state index in [4.69, 9.17) is 14.2 Å². The van der Waals surface area contributed by atoms with Gasteiger partial charge in [0.05, 0.1) is 0 Å². The summed E-state index contributed by atoms with van der Waals surface area (Å²) in [7, 11) is 0.